The normalized spacial score (nSPS) is 11.1. The molecule has 3 aromatic rings. The van der Waals surface area contributed by atoms with Crippen LogP contribution in [0, 0.1) is 20.8 Å². The van der Waals surface area contributed by atoms with Crippen LogP contribution in [0.3, 0.4) is 0 Å². The van der Waals surface area contributed by atoms with Gasteiger partial charge in [0.2, 0.25) is 0 Å². The van der Waals surface area contributed by atoms with Crippen molar-refractivity contribution in [3.8, 4) is 11.3 Å². The summed E-state index contributed by atoms with van der Waals surface area (Å²) in [5.41, 5.74) is 5.16. The van der Waals surface area contributed by atoms with Gasteiger partial charge < -0.3 is 4.42 Å². The van der Waals surface area contributed by atoms with Crippen LogP contribution in [0.1, 0.15) is 27.4 Å². The molecule has 0 bridgehead atoms. The molecule has 0 radical (unpaired) electrons. The van der Waals surface area contributed by atoms with Crippen molar-refractivity contribution in [3.63, 3.8) is 0 Å². The summed E-state index contributed by atoms with van der Waals surface area (Å²) in [5.74, 6) is 0.780. The summed E-state index contributed by atoms with van der Waals surface area (Å²) in [6.07, 6.45) is 2.60. The van der Waals surface area contributed by atoms with E-state index in [1.165, 1.54) is 11.1 Å². The number of carbonyl (C=O) groups is 1. The van der Waals surface area contributed by atoms with E-state index in [1.54, 1.807) is 4.40 Å². The fourth-order valence-electron chi connectivity index (χ4n) is 2.12. The Bertz CT molecular complexity index is 781. The van der Waals surface area contributed by atoms with Crippen LogP contribution in [0.2, 0.25) is 0 Å². The average Bonchev–Trinajstić information content (AvgIpc) is 2.93. The molecule has 4 heteroatoms. The number of aldehydes is 1. The number of hydrogen-bond donors (Lipinski definition) is 0. The van der Waals surface area contributed by atoms with Crippen molar-refractivity contribution in [2.75, 3.05) is 0 Å². The Morgan fingerprint density at radius 2 is 2.00 bits per heavy atom. The molecule has 96 valence electrons. The highest BCUT2D eigenvalue weighted by atomic mass is 16.4. The molecule has 2 aromatic heterocycles. The molecule has 0 aliphatic heterocycles. The minimum Gasteiger partial charge on any atom is -0.420 e. The second-order valence-corrected chi connectivity index (χ2v) is 4.75. The molecule has 0 saturated carbocycles. The summed E-state index contributed by atoms with van der Waals surface area (Å²) in [4.78, 5) is 15.2. The minimum atomic E-state index is 0.328. The number of nitrogens with zero attached hydrogens (tertiary/aromatic N) is 2. The first kappa shape index (κ1) is 11.7. The number of imidazole rings is 1. The van der Waals surface area contributed by atoms with Crippen LogP contribution in [-0.2, 0) is 0 Å². The van der Waals surface area contributed by atoms with E-state index in [2.05, 4.69) is 31.0 Å². The molecule has 1 aromatic carbocycles. The molecule has 0 unspecified atom stereocenters. The van der Waals surface area contributed by atoms with Crippen LogP contribution < -0.4 is 0 Å². The Balaban J connectivity index is 2.15. The van der Waals surface area contributed by atoms with Gasteiger partial charge in [-0.25, -0.2) is 0 Å². The SMILES string of the molecule is Cc1ccc(-c2cn3c(C)c(C=O)oc3n2)cc1C. The quantitative estimate of drug-likeness (QED) is 0.659. The maximum Gasteiger partial charge on any atom is 0.307 e. The number of fused-ring (bicyclic) bond motifs is 1. The standard InChI is InChI=1S/C15H14N2O2/c1-9-4-5-12(6-10(9)2)13-7-17-11(3)14(8-18)19-15(17)16-13/h4-8H,1-3H3. The van der Waals surface area contributed by atoms with E-state index in [4.69, 9.17) is 4.42 Å². The van der Waals surface area contributed by atoms with Gasteiger partial charge in [0.25, 0.3) is 0 Å². The van der Waals surface area contributed by atoms with Gasteiger partial charge >= 0.3 is 5.84 Å². The smallest absolute Gasteiger partial charge is 0.307 e. The Morgan fingerprint density at radius 1 is 1.21 bits per heavy atom. The van der Waals surface area contributed by atoms with E-state index in [1.807, 2.05) is 19.2 Å². The second kappa shape index (κ2) is 4.09. The summed E-state index contributed by atoms with van der Waals surface area (Å²) in [6, 6.07) is 6.22. The molecule has 0 aliphatic carbocycles. The molecule has 0 spiro atoms. The van der Waals surface area contributed by atoms with Gasteiger partial charge in [-0.1, -0.05) is 12.1 Å². The molecule has 0 saturated heterocycles. The molecule has 0 N–H and O–H groups in total. The van der Waals surface area contributed by atoms with Crippen molar-refractivity contribution in [3.05, 3.63) is 47.0 Å². The van der Waals surface area contributed by atoms with Crippen LogP contribution in [0.4, 0.5) is 0 Å². The van der Waals surface area contributed by atoms with Crippen molar-refractivity contribution in [1.82, 2.24) is 9.38 Å². The Hall–Kier alpha value is -2.36. The minimum absolute atomic E-state index is 0.328. The van der Waals surface area contributed by atoms with Crippen molar-refractivity contribution in [1.29, 1.82) is 0 Å². The van der Waals surface area contributed by atoms with Crippen molar-refractivity contribution >= 4 is 12.1 Å². The summed E-state index contributed by atoms with van der Waals surface area (Å²) >= 11 is 0. The average molecular weight is 254 g/mol. The maximum atomic E-state index is 10.8. The van der Waals surface area contributed by atoms with Gasteiger partial charge in [-0.2, -0.15) is 4.98 Å². The largest absolute Gasteiger partial charge is 0.420 e. The Morgan fingerprint density at radius 3 is 2.63 bits per heavy atom. The van der Waals surface area contributed by atoms with Gasteiger partial charge in [-0.15, -0.1) is 0 Å². The van der Waals surface area contributed by atoms with Crippen molar-refractivity contribution in [2.45, 2.75) is 20.8 Å². The number of aromatic nitrogens is 2. The highest BCUT2D eigenvalue weighted by Gasteiger charge is 2.13. The number of carbonyl (C=O) groups excluding carboxylic acids is 1. The molecule has 19 heavy (non-hydrogen) atoms. The van der Waals surface area contributed by atoms with Gasteiger partial charge in [0, 0.05) is 11.8 Å². The molecule has 0 aliphatic rings. The molecular formula is C15H14N2O2. The van der Waals surface area contributed by atoms with Gasteiger partial charge in [0.1, 0.15) is 0 Å². The highest BCUT2D eigenvalue weighted by Crippen LogP contribution is 2.24. The molecule has 4 nitrogen and oxygen atoms in total. The van der Waals surface area contributed by atoms with E-state index < -0.39 is 0 Å². The Kier molecular flexibility index (Phi) is 2.52. The van der Waals surface area contributed by atoms with Crippen LogP contribution in [-0.4, -0.2) is 15.7 Å². The van der Waals surface area contributed by atoms with Crippen LogP contribution in [0.5, 0.6) is 0 Å². The lowest BCUT2D eigenvalue weighted by molar-refractivity contribution is 0.110. The molecule has 0 fully saturated rings. The molecule has 3 rings (SSSR count). The zero-order valence-corrected chi connectivity index (χ0v) is 11.1. The third kappa shape index (κ3) is 1.76. The lowest BCUT2D eigenvalue weighted by atomic mass is 10.1. The van der Waals surface area contributed by atoms with Crippen LogP contribution in [0.25, 0.3) is 17.1 Å². The van der Waals surface area contributed by atoms with Gasteiger partial charge in [0.05, 0.1) is 11.4 Å². The number of hydrogen-bond acceptors (Lipinski definition) is 3. The summed E-state index contributed by atoms with van der Waals surface area (Å²) in [6.45, 7) is 6.00. The van der Waals surface area contributed by atoms with Crippen molar-refractivity contribution < 1.29 is 9.21 Å². The number of oxazole rings is 1. The number of rotatable bonds is 2. The highest BCUT2D eigenvalue weighted by molar-refractivity contribution is 5.74. The van der Waals surface area contributed by atoms with E-state index in [0.29, 0.717) is 17.9 Å². The first-order valence-electron chi connectivity index (χ1n) is 6.11. The second-order valence-electron chi connectivity index (χ2n) is 4.75. The van der Waals surface area contributed by atoms with Crippen LogP contribution in [0.15, 0.2) is 28.8 Å². The van der Waals surface area contributed by atoms with Crippen molar-refractivity contribution in [2.24, 2.45) is 0 Å². The van der Waals surface area contributed by atoms with E-state index in [9.17, 15) is 4.79 Å². The summed E-state index contributed by atoms with van der Waals surface area (Å²) in [7, 11) is 0. The van der Waals surface area contributed by atoms with Gasteiger partial charge in [-0.3, -0.25) is 9.20 Å². The first-order chi connectivity index (χ1) is 9.10. The number of benzene rings is 1. The lowest BCUT2D eigenvalue weighted by Gasteiger charge is -2.02. The lowest BCUT2D eigenvalue weighted by Crippen LogP contribution is -1.86. The summed E-state index contributed by atoms with van der Waals surface area (Å²) < 4.78 is 7.19. The van der Waals surface area contributed by atoms with E-state index >= 15 is 0 Å². The van der Waals surface area contributed by atoms with E-state index in [-0.39, 0.29) is 0 Å². The molecule has 0 amide bonds. The molecular weight excluding hydrogens is 240 g/mol. The third-order valence-electron chi connectivity index (χ3n) is 3.50. The van der Waals surface area contributed by atoms with E-state index in [0.717, 1.165) is 17.0 Å². The zero-order chi connectivity index (χ0) is 13.6. The molecule has 0 atom stereocenters. The number of aryl methyl sites for hydroxylation is 3. The third-order valence-corrected chi connectivity index (χ3v) is 3.50. The first-order valence-corrected chi connectivity index (χ1v) is 6.11. The van der Waals surface area contributed by atoms with Gasteiger partial charge in [-0.05, 0) is 38.0 Å². The topological polar surface area (TPSA) is 47.5 Å². The predicted octanol–water partition coefficient (Wildman–Crippen LogP) is 3.33. The maximum absolute atomic E-state index is 10.8. The zero-order valence-electron chi connectivity index (χ0n) is 11.1. The fraction of sp³-hybridized carbons (Fsp3) is 0.200. The monoisotopic (exact) mass is 254 g/mol. The Labute approximate surface area is 110 Å². The fourth-order valence-corrected chi connectivity index (χ4v) is 2.12. The van der Waals surface area contributed by atoms with Crippen LogP contribution >= 0.6 is 0 Å². The predicted molar refractivity (Wildman–Crippen MR) is 72.5 cm³/mol. The molecule has 2 heterocycles. The summed E-state index contributed by atoms with van der Waals surface area (Å²) in [5, 5.41) is 0. The van der Waals surface area contributed by atoms with Gasteiger partial charge in [0.15, 0.2) is 12.0 Å².